The van der Waals surface area contributed by atoms with Gasteiger partial charge in [0.05, 0.1) is 17.8 Å². The Balaban J connectivity index is 0.000000640. The number of carbonyl (C=O) groups is 1. The van der Waals surface area contributed by atoms with Crippen LogP contribution in [0.5, 0.6) is 0 Å². The van der Waals surface area contributed by atoms with Gasteiger partial charge in [-0.25, -0.2) is 4.79 Å². The summed E-state index contributed by atoms with van der Waals surface area (Å²) < 4.78 is 0. The van der Waals surface area contributed by atoms with Crippen LogP contribution in [-0.4, -0.2) is 33.5 Å². The van der Waals surface area contributed by atoms with Crippen LogP contribution in [0.25, 0.3) is 0 Å². The molecule has 2 unspecified atom stereocenters. The van der Waals surface area contributed by atoms with Crippen LogP contribution in [0.1, 0.15) is 81.3 Å². The standard InChI is InChI=1S/C15H22O2.C5H12O2/c1-3-5-8-12-9-7-11-14(15(16)17)13(12)10-6-4-2;1-4(6)3-5(2)7/h7,9,11H,3-6,8,10H2,1-2H3,(H,16,17);4-7H,3H2,1-2H3. The number of unbranched alkanes of at least 4 members (excludes halogenated alkanes) is 2. The lowest BCUT2D eigenvalue weighted by Gasteiger charge is -2.12. The van der Waals surface area contributed by atoms with Crippen molar-refractivity contribution in [2.45, 2.75) is 84.8 Å². The predicted molar refractivity (Wildman–Crippen MR) is 98.6 cm³/mol. The molecule has 0 saturated carbocycles. The second-order valence-corrected chi connectivity index (χ2v) is 6.39. The fraction of sp³-hybridized carbons (Fsp3) is 0.650. The molecular weight excluding hydrogens is 304 g/mol. The maximum atomic E-state index is 11.2. The minimum absolute atomic E-state index is 0.375. The highest BCUT2D eigenvalue weighted by Crippen LogP contribution is 2.20. The van der Waals surface area contributed by atoms with Crippen molar-refractivity contribution in [3.05, 3.63) is 34.9 Å². The van der Waals surface area contributed by atoms with Gasteiger partial charge in [-0.15, -0.1) is 0 Å². The van der Waals surface area contributed by atoms with Crippen molar-refractivity contribution in [3.8, 4) is 0 Å². The minimum atomic E-state index is -0.797. The smallest absolute Gasteiger partial charge is 0.335 e. The molecule has 1 rings (SSSR count). The first-order valence-electron chi connectivity index (χ1n) is 9.03. The Morgan fingerprint density at radius 2 is 1.54 bits per heavy atom. The zero-order valence-electron chi connectivity index (χ0n) is 15.6. The van der Waals surface area contributed by atoms with Crippen molar-refractivity contribution in [2.24, 2.45) is 0 Å². The van der Waals surface area contributed by atoms with Crippen LogP contribution in [0.2, 0.25) is 0 Å². The molecule has 3 N–H and O–H groups in total. The molecule has 0 spiro atoms. The van der Waals surface area contributed by atoms with E-state index in [1.165, 1.54) is 5.56 Å². The topological polar surface area (TPSA) is 77.8 Å². The Labute approximate surface area is 146 Å². The molecule has 0 aromatic heterocycles. The van der Waals surface area contributed by atoms with E-state index in [9.17, 15) is 9.90 Å². The van der Waals surface area contributed by atoms with Gasteiger partial charge in [-0.1, -0.05) is 38.8 Å². The summed E-state index contributed by atoms with van der Waals surface area (Å²) in [6, 6.07) is 5.67. The molecule has 0 bridgehead atoms. The highest BCUT2D eigenvalue weighted by molar-refractivity contribution is 5.89. The summed E-state index contributed by atoms with van der Waals surface area (Å²) in [5, 5.41) is 26.3. The van der Waals surface area contributed by atoms with Crippen molar-refractivity contribution in [1.82, 2.24) is 0 Å². The third-order valence-electron chi connectivity index (χ3n) is 3.77. The summed E-state index contributed by atoms with van der Waals surface area (Å²) in [7, 11) is 0. The zero-order valence-corrected chi connectivity index (χ0v) is 15.6. The monoisotopic (exact) mass is 338 g/mol. The molecule has 0 aliphatic carbocycles. The van der Waals surface area contributed by atoms with E-state index in [-0.39, 0.29) is 12.2 Å². The van der Waals surface area contributed by atoms with E-state index >= 15 is 0 Å². The molecule has 4 heteroatoms. The lowest BCUT2D eigenvalue weighted by Crippen LogP contribution is -2.10. The minimum Gasteiger partial charge on any atom is -0.478 e. The summed E-state index contributed by atoms with van der Waals surface area (Å²) in [6.45, 7) is 7.61. The molecule has 0 aliphatic rings. The Morgan fingerprint density at radius 3 is 1.96 bits per heavy atom. The fourth-order valence-electron chi connectivity index (χ4n) is 2.58. The van der Waals surface area contributed by atoms with E-state index in [2.05, 4.69) is 19.9 Å². The van der Waals surface area contributed by atoms with Gasteiger partial charge in [0.15, 0.2) is 0 Å². The van der Waals surface area contributed by atoms with Crippen molar-refractivity contribution in [1.29, 1.82) is 0 Å². The molecule has 0 fully saturated rings. The van der Waals surface area contributed by atoms with Gasteiger partial charge in [0.25, 0.3) is 0 Å². The van der Waals surface area contributed by atoms with Gasteiger partial charge in [0, 0.05) is 0 Å². The van der Waals surface area contributed by atoms with E-state index in [0.29, 0.717) is 12.0 Å². The average molecular weight is 338 g/mol. The highest BCUT2D eigenvalue weighted by atomic mass is 16.4. The lowest BCUT2D eigenvalue weighted by atomic mass is 9.93. The second kappa shape index (κ2) is 13.0. The van der Waals surface area contributed by atoms with Gasteiger partial charge in [0.2, 0.25) is 0 Å². The van der Waals surface area contributed by atoms with Crippen LogP contribution in [0, 0.1) is 0 Å². The van der Waals surface area contributed by atoms with Gasteiger partial charge in [-0.2, -0.15) is 0 Å². The summed E-state index contributed by atoms with van der Waals surface area (Å²) in [5.41, 5.74) is 2.77. The summed E-state index contributed by atoms with van der Waals surface area (Å²) >= 11 is 0. The number of benzene rings is 1. The van der Waals surface area contributed by atoms with Crippen LogP contribution in [0.4, 0.5) is 0 Å². The predicted octanol–water partition coefficient (Wildman–Crippen LogP) is 4.21. The van der Waals surface area contributed by atoms with Crippen molar-refractivity contribution in [2.75, 3.05) is 0 Å². The van der Waals surface area contributed by atoms with Crippen LogP contribution >= 0.6 is 0 Å². The number of aliphatic hydroxyl groups is 2. The molecule has 2 atom stereocenters. The van der Waals surface area contributed by atoms with E-state index in [4.69, 9.17) is 10.2 Å². The van der Waals surface area contributed by atoms with E-state index < -0.39 is 5.97 Å². The second-order valence-electron chi connectivity index (χ2n) is 6.39. The molecule has 24 heavy (non-hydrogen) atoms. The van der Waals surface area contributed by atoms with E-state index in [1.54, 1.807) is 19.9 Å². The Kier molecular flexibility index (Phi) is 12.2. The average Bonchev–Trinajstić information content (AvgIpc) is 2.50. The van der Waals surface area contributed by atoms with Gasteiger partial charge in [0.1, 0.15) is 0 Å². The molecule has 1 aromatic carbocycles. The van der Waals surface area contributed by atoms with Crippen LogP contribution in [0.3, 0.4) is 0 Å². The van der Waals surface area contributed by atoms with Crippen LogP contribution in [-0.2, 0) is 12.8 Å². The van der Waals surface area contributed by atoms with E-state index in [0.717, 1.165) is 44.1 Å². The molecular formula is C20H34O4. The molecule has 138 valence electrons. The maximum absolute atomic E-state index is 11.2. The Hall–Kier alpha value is -1.39. The molecule has 0 amide bonds. The Bertz CT molecular complexity index is 461. The number of carboxylic acid groups (broad SMARTS) is 1. The fourth-order valence-corrected chi connectivity index (χ4v) is 2.58. The lowest BCUT2D eigenvalue weighted by molar-refractivity contribution is 0.0695. The number of rotatable bonds is 9. The number of aryl methyl sites for hydroxylation is 1. The van der Waals surface area contributed by atoms with Crippen molar-refractivity contribution >= 4 is 5.97 Å². The maximum Gasteiger partial charge on any atom is 0.335 e. The van der Waals surface area contributed by atoms with Crippen LogP contribution < -0.4 is 0 Å². The SMILES string of the molecule is CC(O)CC(C)O.CCCCc1cccc(C(=O)O)c1CCCC. The van der Waals surface area contributed by atoms with Gasteiger partial charge in [-0.3, -0.25) is 0 Å². The number of aliphatic hydroxyl groups excluding tert-OH is 2. The van der Waals surface area contributed by atoms with E-state index in [1.807, 2.05) is 6.07 Å². The van der Waals surface area contributed by atoms with Gasteiger partial charge in [-0.05, 0) is 63.1 Å². The van der Waals surface area contributed by atoms with Gasteiger partial charge < -0.3 is 15.3 Å². The third kappa shape index (κ3) is 9.68. The summed E-state index contributed by atoms with van der Waals surface area (Å²) in [5.74, 6) is -0.797. The first-order valence-corrected chi connectivity index (χ1v) is 9.03. The molecule has 0 heterocycles. The molecule has 4 nitrogen and oxygen atoms in total. The first kappa shape index (κ1) is 22.6. The third-order valence-corrected chi connectivity index (χ3v) is 3.77. The highest BCUT2D eigenvalue weighted by Gasteiger charge is 2.12. The van der Waals surface area contributed by atoms with Crippen molar-refractivity contribution in [3.63, 3.8) is 0 Å². The van der Waals surface area contributed by atoms with Crippen LogP contribution in [0.15, 0.2) is 18.2 Å². The van der Waals surface area contributed by atoms with Gasteiger partial charge >= 0.3 is 5.97 Å². The quantitative estimate of drug-likeness (QED) is 0.630. The largest absolute Gasteiger partial charge is 0.478 e. The summed E-state index contributed by atoms with van der Waals surface area (Å²) in [4.78, 5) is 11.2. The number of carboxylic acids is 1. The Morgan fingerprint density at radius 1 is 1.00 bits per heavy atom. The molecule has 0 radical (unpaired) electrons. The molecule has 0 saturated heterocycles. The molecule has 0 aliphatic heterocycles. The number of hydrogen-bond donors (Lipinski definition) is 3. The summed E-state index contributed by atoms with van der Waals surface area (Å²) in [6.07, 6.45) is 6.03. The molecule has 1 aromatic rings. The number of aromatic carboxylic acids is 1. The normalized spacial score (nSPS) is 12.9. The van der Waals surface area contributed by atoms with Crippen molar-refractivity contribution < 1.29 is 20.1 Å². The first-order chi connectivity index (χ1) is 11.3. The number of hydrogen-bond acceptors (Lipinski definition) is 3. The zero-order chi connectivity index (χ0) is 18.5.